The highest BCUT2D eigenvalue weighted by Gasteiger charge is 2.17. The highest BCUT2D eigenvalue weighted by Crippen LogP contribution is 2.23. The van der Waals surface area contributed by atoms with Gasteiger partial charge in [-0.2, -0.15) is 0 Å². The predicted octanol–water partition coefficient (Wildman–Crippen LogP) is 2.99. The van der Waals surface area contributed by atoms with E-state index in [9.17, 15) is 0 Å². The second-order valence-corrected chi connectivity index (χ2v) is 6.73. The van der Waals surface area contributed by atoms with Gasteiger partial charge in [0, 0.05) is 24.5 Å². The Bertz CT molecular complexity index is 546. The summed E-state index contributed by atoms with van der Waals surface area (Å²) in [6.07, 6.45) is 7.44. The monoisotopic (exact) mass is 290 g/mol. The fourth-order valence-corrected chi connectivity index (χ4v) is 3.58. The summed E-state index contributed by atoms with van der Waals surface area (Å²) in [5.41, 5.74) is 0.921. The third kappa shape index (κ3) is 3.33. The van der Waals surface area contributed by atoms with Gasteiger partial charge >= 0.3 is 0 Å². The second-order valence-electron chi connectivity index (χ2n) is 5.67. The van der Waals surface area contributed by atoms with Crippen molar-refractivity contribution in [2.24, 2.45) is 5.92 Å². The minimum absolute atomic E-state index is 0.724. The first-order valence-corrected chi connectivity index (χ1v) is 8.47. The van der Waals surface area contributed by atoms with Gasteiger partial charge in [0.2, 0.25) is 0 Å². The van der Waals surface area contributed by atoms with Crippen LogP contribution < -0.4 is 5.32 Å². The Morgan fingerprint density at radius 3 is 2.95 bits per heavy atom. The number of pyridine rings is 1. The minimum Gasteiger partial charge on any atom is -0.313 e. The van der Waals surface area contributed by atoms with Crippen LogP contribution in [0.1, 0.15) is 32.6 Å². The van der Waals surface area contributed by atoms with E-state index in [1.54, 1.807) is 11.8 Å². The Hall–Kier alpha value is -1.07. The molecule has 4 nitrogen and oxygen atoms in total. The molecule has 1 aliphatic rings. The SMILES string of the molecule is CC1CCC(NCCSc2nnc3ccccn23)CC1. The normalized spacial score (nSPS) is 23.2. The fraction of sp³-hybridized carbons (Fsp3) is 0.600. The Morgan fingerprint density at radius 1 is 1.25 bits per heavy atom. The third-order valence-electron chi connectivity index (χ3n) is 4.06. The minimum atomic E-state index is 0.724. The quantitative estimate of drug-likeness (QED) is 0.679. The zero-order chi connectivity index (χ0) is 13.8. The average molecular weight is 290 g/mol. The number of aromatic nitrogens is 3. The molecule has 1 saturated carbocycles. The van der Waals surface area contributed by atoms with Gasteiger partial charge in [-0.3, -0.25) is 4.40 Å². The molecular formula is C15H22N4S. The van der Waals surface area contributed by atoms with Crippen molar-refractivity contribution in [2.45, 2.75) is 43.8 Å². The highest BCUT2D eigenvalue weighted by molar-refractivity contribution is 7.99. The van der Waals surface area contributed by atoms with Crippen LogP contribution in [-0.2, 0) is 0 Å². The molecule has 0 unspecified atom stereocenters. The van der Waals surface area contributed by atoms with Crippen molar-refractivity contribution in [1.29, 1.82) is 0 Å². The van der Waals surface area contributed by atoms with Gasteiger partial charge in [0.15, 0.2) is 10.8 Å². The second kappa shape index (κ2) is 6.59. The molecule has 5 heteroatoms. The van der Waals surface area contributed by atoms with Gasteiger partial charge in [-0.15, -0.1) is 10.2 Å². The topological polar surface area (TPSA) is 42.2 Å². The molecule has 0 amide bonds. The van der Waals surface area contributed by atoms with E-state index in [0.29, 0.717) is 0 Å². The summed E-state index contributed by atoms with van der Waals surface area (Å²) in [5, 5.41) is 13.1. The molecule has 1 N–H and O–H groups in total. The molecule has 2 aromatic rings. The number of nitrogens with zero attached hydrogens (tertiary/aromatic N) is 3. The van der Waals surface area contributed by atoms with Crippen LogP contribution in [0.25, 0.3) is 5.65 Å². The number of hydrogen-bond donors (Lipinski definition) is 1. The van der Waals surface area contributed by atoms with Crippen LogP contribution in [0, 0.1) is 5.92 Å². The highest BCUT2D eigenvalue weighted by atomic mass is 32.2. The van der Waals surface area contributed by atoms with E-state index in [0.717, 1.165) is 35.1 Å². The van der Waals surface area contributed by atoms with Crippen molar-refractivity contribution < 1.29 is 0 Å². The summed E-state index contributed by atoms with van der Waals surface area (Å²) < 4.78 is 2.05. The number of fused-ring (bicyclic) bond motifs is 1. The molecule has 1 fully saturated rings. The Labute approximate surface area is 124 Å². The van der Waals surface area contributed by atoms with E-state index in [1.165, 1.54) is 25.7 Å². The zero-order valence-electron chi connectivity index (χ0n) is 12.0. The summed E-state index contributed by atoms with van der Waals surface area (Å²) in [7, 11) is 0. The van der Waals surface area contributed by atoms with Crippen molar-refractivity contribution in [2.75, 3.05) is 12.3 Å². The summed E-state index contributed by atoms with van der Waals surface area (Å²) in [6.45, 7) is 3.41. The third-order valence-corrected chi connectivity index (χ3v) is 5.01. The Morgan fingerprint density at radius 2 is 2.10 bits per heavy atom. The van der Waals surface area contributed by atoms with Crippen LogP contribution in [0.4, 0.5) is 0 Å². The maximum absolute atomic E-state index is 4.24. The number of nitrogens with one attached hydrogen (secondary N) is 1. The largest absolute Gasteiger partial charge is 0.313 e. The van der Waals surface area contributed by atoms with Gasteiger partial charge in [0.05, 0.1) is 0 Å². The number of hydrogen-bond acceptors (Lipinski definition) is 4. The molecule has 0 saturated heterocycles. The molecule has 0 bridgehead atoms. The molecule has 0 aliphatic heterocycles. The van der Waals surface area contributed by atoms with E-state index < -0.39 is 0 Å². The van der Waals surface area contributed by atoms with Crippen LogP contribution >= 0.6 is 11.8 Å². The van der Waals surface area contributed by atoms with E-state index in [1.807, 2.05) is 28.8 Å². The van der Waals surface area contributed by atoms with Crippen molar-refractivity contribution in [3.8, 4) is 0 Å². The van der Waals surface area contributed by atoms with E-state index in [-0.39, 0.29) is 0 Å². The predicted molar refractivity (Wildman–Crippen MR) is 83.1 cm³/mol. The molecular weight excluding hydrogens is 268 g/mol. The summed E-state index contributed by atoms with van der Waals surface area (Å²) in [5.74, 6) is 1.96. The summed E-state index contributed by atoms with van der Waals surface area (Å²) in [4.78, 5) is 0. The van der Waals surface area contributed by atoms with Crippen molar-refractivity contribution in [3.63, 3.8) is 0 Å². The molecule has 3 rings (SSSR count). The Balaban J connectivity index is 1.44. The van der Waals surface area contributed by atoms with Crippen LogP contribution in [0.2, 0.25) is 0 Å². The van der Waals surface area contributed by atoms with Gasteiger partial charge in [0.25, 0.3) is 0 Å². The van der Waals surface area contributed by atoms with Gasteiger partial charge in [-0.25, -0.2) is 0 Å². The van der Waals surface area contributed by atoms with E-state index in [2.05, 4.69) is 22.4 Å². The molecule has 0 spiro atoms. The first-order valence-electron chi connectivity index (χ1n) is 7.49. The molecule has 2 aromatic heterocycles. The summed E-state index contributed by atoms with van der Waals surface area (Å²) >= 11 is 1.77. The molecule has 0 aromatic carbocycles. The maximum Gasteiger partial charge on any atom is 0.195 e. The van der Waals surface area contributed by atoms with Gasteiger partial charge < -0.3 is 5.32 Å². The van der Waals surface area contributed by atoms with Gasteiger partial charge in [0.1, 0.15) is 0 Å². The molecule has 2 heterocycles. The lowest BCUT2D eigenvalue weighted by Crippen LogP contribution is -2.34. The standard InChI is InChI=1S/C15H22N4S/c1-12-5-7-13(8-6-12)16-9-11-20-15-18-17-14-4-2-3-10-19(14)15/h2-4,10,12-13,16H,5-9,11H2,1H3. The van der Waals surface area contributed by atoms with Crippen LogP contribution in [0.5, 0.6) is 0 Å². The van der Waals surface area contributed by atoms with Crippen LogP contribution in [0.15, 0.2) is 29.6 Å². The lowest BCUT2D eigenvalue weighted by Gasteiger charge is -2.26. The average Bonchev–Trinajstić information content (AvgIpc) is 2.89. The first-order chi connectivity index (χ1) is 9.83. The van der Waals surface area contributed by atoms with Gasteiger partial charge in [-0.05, 0) is 43.7 Å². The lowest BCUT2D eigenvalue weighted by molar-refractivity contribution is 0.312. The molecule has 20 heavy (non-hydrogen) atoms. The smallest absolute Gasteiger partial charge is 0.195 e. The van der Waals surface area contributed by atoms with E-state index >= 15 is 0 Å². The van der Waals surface area contributed by atoms with Crippen LogP contribution in [-0.4, -0.2) is 32.9 Å². The number of rotatable bonds is 5. The van der Waals surface area contributed by atoms with Gasteiger partial charge in [-0.1, -0.05) is 24.8 Å². The van der Waals surface area contributed by atoms with E-state index in [4.69, 9.17) is 0 Å². The maximum atomic E-state index is 4.24. The van der Waals surface area contributed by atoms with Crippen molar-refractivity contribution in [3.05, 3.63) is 24.4 Å². The molecule has 0 radical (unpaired) electrons. The first kappa shape index (κ1) is 13.9. The summed E-state index contributed by atoms with van der Waals surface area (Å²) in [6, 6.07) is 6.71. The number of thioether (sulfide) groups is 1. The van der Waals surface area contributed by atoms with Crippen LogP contribution in [0.3, 0.4) is 0 Å². The fourth-order valence-electron chi connectivity index (χ4n) is 2.79. The zero-order valence-corrected chi connectivity index (χ0v) is 12.8. The van der Waals surface area contributed by atoms with Crippen molar-refractivity contribution in [1.82, 2.24) is 19.9 Å². The molecule has 108 valence electrons. The van der Waals surface area contributed by atoms with Crippen molar-refractivity contribution >= 4 is 17.4 Å². The molecule has 0 atom stereocenters. The lowest BCUT2D eigenvalue weighted by atomic mass is 9.87. The Kier molecular flexibility index (Phi) is 4.58. The molecule has 1 aliphatic carbocycles.